The fourth-order valence-corrected chi connectivity index (χ4v) is 2.09. The molecule has 0 aliphatic rings. The van der Waals surface area contributed by atoms with E-state index in [2.05, 4.69) is 0 Å². The van der Waals surface area contributed by atoms with Gasteiger partial charge in [0, 0.05) is 11.6 Å². The number of aromatic carboxylic acids is 1. The third kappa shape index (κ3) is 2.66. The fraction of sp³-hybridized carbons (Fsp3) is 0. The maximum absolute atomic E-state index is 12.1. The Morgan fingerprint density at radius 1 is 1.00 bits per heavy atom. The molecular formula is C16H11ClO4. The number of carboxylic acids is 1. The highest BCUT2D eigenvalue weighted by molar-refractivity contribution is 6.01. The number of para-hydroxylation sites is 1. The summed E-state index contributed by atoms with van der Waals surface area (Å²) < 4.78 is 5.64. The van der Waals surface area contributed by atoms with Crippen molar-refractivity contribution in [2.24, 2.45) is 0 Å². The average Bonchev–Trinajstić information content (AvgIpc) is 2.47. The predicted octanol–water partition coefficient (Wildman–Crippen LogP) is 3.58. The summed E-state index contributed by atoms with van der Waals surface area (Å²) in [4.78, 5) is 23.3. The lowest BCUT2D eigenvalue weighted by molar-refractivity contribution is 0.0698. The van der Waals surface area contributed by atoms with Crippen LogP contribution in [-0.2, 0) is 0 Å². The van der Waals surface area contributed by atoms with E-state index in [9.17, 15) is 14.7 Å². The van der Waals surface area contributed by atoms with E-state index in [1.165, 1.54) is 18.2 Å². The molecular weight excluding hydrogens is 292 g/mol. The lowest BCUT2D eigenvalue weighted by Gasteiger charge is -2.05. The molecule has 1 heterocycles. The number of hydrogen-bond acceptors (Lipinski definition) is 3. The van der Waals surface area contributed by atoms with Gasteiger partial charge in [0.1, 0.15) is 11.3 Å². The first-order chi connectivity index (χ1) is 9.66. The smallest absolute Gasteiger partial charge is 0.339 e. The molecule has 2 aromatic carbocycles. The molecule has 0 saturated carbocycles. The summed E-state index contributed by atoms with van der Waals surface area (Å²) in [6.45, 7) is 0. The van der Waals surface area contributed by atoms with Crippen molar-refractivity contribution in [2.75, 3.05) is 0 Å². The Kier molecular flexibility index (Phi) is 4.10. The van der Waals surface area contributed by atoms with E-state index in [1.54, 1.807) is 18.2 Å². The van der Waals surface area contributed by atoms with Crippen molar-refractivity contribution in [1.29, 1.82) is 0 Å². The number of benzene rings is 2. The lowest BCUT2D eigenvalue weighted by Crippen LogP contribution is -2.04. The van der Waals surface area contributed by atoms with Crippen molar-refractivity contribution in [3.63, 3.8) is 0 Å². The van der Waals surface area contributed by atoms with Gasteiger partial charge in [-0.05, 0) is 12.1 Å². The van der Waals surface area contributed by atoms with Crippen LogP contribution < -0.4 is 5.43 Å². The predicted molar refractivity (Wildman–Crippen MR) is 82.1 cm³/mol. The molecule has 1 N–H and O–H groups in total. The topological polar surface area (TPSA) is 67.5 Å². The van der Waals surface area contributed by atoms with Crippen molar-refractivity contribution in [3.8, 4) is 11.3 Å². The van der Waals surface area contributed by atoms with E-state index in [0.29, 0.717) is 5.76 Å². The molecule has 0 fully saturated rings. The van der Waals surface area contributed by atoms with Gasteiger partial charge in [0.25, 0.3) is 0 Å². The average molecular weight is 303 g/mol. The Bertz CT molecular complexity index is 853. The molecule has 4 nitrogen and oxygen atoms in total. The zero-order valence-electron chi connectivity index (χ0n) is 10.8. The molecule has 0 radical (unpaired) electrons. The summed E-state index contributed by atoms with van der Waals surface area (Å²) in [6, 6.07) is 15.0. The van der Waals surface area contributed by atoms with Crippen molar-refractivity contribution in [3.05, 3.63) is 70.4 Å². The van der Waals surface area contributed by atoms with Crippen LogP contribution in [0.4, 0.5) is 0 Å². The van der Waals surface area contributed by atoms with Gasteiger partial charge < -0.3 is 9.52 Å². The Morgan fingerprint density at radius 2 is 1.71 bits per heavy atom. The molecule has 0 aliphatic heterocycles. The highest BCUT2D eigenvalue weighted by Crippen LogP contribution is 2.24. The van der Waals surface area contributed by atoms with Crippen LogP contribution in [0.3, 0.4) is 0 Å². The second kappa shape index (κ2) is 5.81. The van der Waals surface area contributed by atoms with Crippen LogP contribution in [0.25, 0.3) is 22.3 Å². The fourth-order valence-electron chi connectivity index (χ4n) is 2.09. The Morgan fingerprint density at radius 3 is 2.38 bits per heavy atom. The van der Waals surface area contributed by atoms with E-state index < -0.39 is 5.97 Å². The van der Waals surface area contributed by atoms with Gasteiger partial charge in [0.2, 0.25) is 0 Å². The molecule has 5 heteroatoms. The summed E-state index contributed by atoms with van der Waals surface area (Å²) >= 11 is 0. The minimum absolute atomic E-state index is 0. The van der Waals surface area contributed by atoms with E-state index in [-0.39, 0.29) is 34.4 Å². The van der Waals surface area contributed by atoms with E-state index in [4.69, 9.17) is 4.42 Å². The van der Waals surface area contributed by atoms with Gasteiger partial charge in [-0.3, -0.25) is 4.79 Å². The van der Waals surface area contributed by atoms with Crippen molar-refractivity contribution < 1.29 is 14.3 Å². The summed E-state index contributed by atoms with van der Waals surface area (Å²) in [6.07, 6.45) is 0. The molecule has 0 unspecified atom stereocenters. The van der Waals surface area contributed by atoms with Crippen molar-refractivity contribution in [1.82, 2.24) is 0 Å². The van der Waals surface area contributed by atoms with Crippen LogP contribution >= 0.6 is 12.4 Å². The molecule has 1 aromatic heterocycles. The second-order valence-electron chi connectivity index (χ2n) is 4.33. The second-order valence-corrected chi connectivity index (χ2v) is 4.33. The highest BCUT2D eigenvalue weighted by Gasteiger charge is 2.14. The molecule has 0 saturated heterocycles. The van der Waals surface area contributed by atoms with Gasteiger partial charge in [0.05, 0.1) is 5.39 Å². The quantitative estimate of drug-likeness (QED) is 0.785. The molecule has 106 valence electrons. The molecule has 0 atom stereocenters. The molecule has 0 spiro atoms. The lowest BCUT2D eigenvalue weighted by atomic mass is 10.1. The van der Waals surface area contributed by atoms with Crippen LogP contribution in [0.15, 0.2) is 63.8 Å². The van der Waals surface area contributed by atoms with Gasteiger partial charge in [-0.15, -0.1) is 12.4 Å². The van der Waals surface area contributed by atoms with Gasteiger partial charge in [-0.1, -0.05) is 36.4 Å². The maximum Gasteiger partial charge on any atom is 0.339 e. The highest BCUT2D eigenvalue weighted by atomic mass is 35.5. The van der Waals surface area contributed by atoms with Crippen LogP contribution in [0.5, 0.6) is 0 Å². The number of carbonyl (C=O) groups is 1. The minimum Gasteiger partial charge on any atom is -0.478 e. The summed E-state index contributed by atoms with van der Waals surface area (Å²) in [5, 5.41) is 9.44. The van der Waals surface area contributed by atoms with E-state index in [0.717, 1.165) is 5.56 Å². The third-order valence-corrected chi connectivity index (χ3v) is 3.04. The zero-order chi connectivity index (χ0) is 14.1. The van der Waals surface area contributed by atoms with Gasteiger partial charge in [-0.2, -0.15) is 0 Å². The van der Waals surface area contributed by atoms with E-state index >= 15 is 0 Å². The molecule has 0 amide bonds. The minimum atomic E-state index is -1.12. The maximum atomic E-state index is 12.1. The zero-order valence-corrected chi connectivity index (χ0v) is 11.6. The first-order valence-corrected chi connectivity index (χ1v) is 6.02. The van der Waals surface area contributed by atoms with Crippen LogP contribution in [0, 0.1) is 0 Å². The largest absolute Gasteiger partial charge is 0.478 e. The summed E-state index contributed by atoms with van der Waals surface area (Å²) in [7, 11) is 0. The standard InChI is InChI=1S/C16H10O4.ClH/c17-13-9-14(10-5-2-1-3-6-10)20-15-11(13)7-4-8-12(15)16(18)19;/h1-9H,(H,18,19);1H. The first-order valence-electron chi connectivity index (χ1n) is 6.02. The summed E-state index contributed by atoms with van der Waals surface area (Å²) in [5.41, 5.74) is 0.559. The third-order valence-electron chi connectivity index (χ3n) is 3.04. The van der Waals surface area contributed by atoms with Crippen LogP contribution in [0.2, 0.25) is 0 Å². The van der Waals surface area contributed by atoms with Crippen molar-refractivity contribution >= 4 is 29.3 Å². The Labute approximate surface area is 126 Å². The number of carboxylic acid groups (broad SMARTS) is 1. The number of hydrogen-bond donors (Lipinski definition) is 1. The molecule has 3 rings (SSSR count). The van der Waals surface area contributed by atoms with Crippen molar-refractivity contribution in [2.45, 2.75) is 0 Å². The van der Waals surface area contributed by atoms with E-state index in [1.807, 2.05) is 18.2 Å². The molecule has 21 heavy (non-hydrogen) atoms. The molecule has 0 aliphatic carbocycles. The van der Waals surface area contributed by atoms with Gasteiger partial charge >= 0.3 is 5.97 Å². The Hall–Kier alpha value is -2.59. The van der Waals surface area contributed by atoms with Crippen LogP contribution in [0.1, 0.15) is 10.4 Å². The first kappa shape index (κ1) is 14.8. The monoisotopic (exact) mass is 302 g/mol. The number of fused-ring (bicyclic) bond motifs is 1. The van der Waals surface area contributed by atoms with Gasteiger partial charge in [-0.25, -0.2) is 4.79 Å². The van der Waals surface area contributed by atoms with Gasteiger partial charge in [0.15, 0.2) is 11.0 Å². The number of rotatable bonds is 2. The number of halogens is 1. The summed E-state index contributed by atoms with van der Waals surface area (Å²) in [5.74, 6) is -0.763. The molecule has 0 bridgehead atoms. The Balaban J connectivity index is 0.00000161. The molecule has 3 aromatic rings. The normalized spacial score (nSPS) is 10.1. The van der Waals surface area contributed by atoms with Crippen LogP contribution in [-0.4, -0.2) is 11.1 Å². The SMILES string of the molecule is Cl.O=C(O)c1cccc2c(=O)cc(-c3ccccc3)oc12.